The van der Waals surface area contributed by atoms with Crippen molar-refractivity contribution in [2.75, 3.05) is 13.1 Å². The Morgan fingerprint density at radius 3 is 2.76 bits per heavy atom. The summed E-state index contributed by atoms with van der Waals surface area (Å²) in [6, 6.07) is 5.41. The number of carbonyl (C=O) groups excluding carboxylic acids is 1. The Labute approximate surface area is 197 Å². The number of fused-ring (bicyclic) bond motifs is 1. The number of amides is 1. The Balaban J connectivity index is 1.71. The second kappa shape index (κ2) is 9.25. The Kier molecular flexibility index (Phi) is 6.53. The number of halogens is 1. The van der Waals surface area contributed by atoms with Crippen LogP contribution >= 0.6 is 0 Å². The highest BCUT2D eigenvalue weighted by molar-refractivity contribution is 7.89. The normalized spacial score (nSPS) is 23.0. The fourth-order valence-corrected chi connectivity index (χ4v) is 5.79. The van der Waals surface area contributed by atoms with Gasteiger partial charge < -0.3 is 5.32 Å². The zero-order valence-electron chi connectivity index (χ0n) is 18.9. The number of amidine groups is 1. The lowest BCUT2D eigenvalue weighted by atomic mass is 9.84. The van der Waals surface area contributed by atoms with Crippen LogP contribution in [0.2, 0.25) is 0 Å². The summed E-state index contributed by atoms with van der Waals surface area (Å²) >= 11 is 0. The van der Waals surface area contributed by atoms with Crippen LogP contribution in [0.15, 0.2) is 44.9 Å². The number of rotatable bonds is 6. The summed E-state index contributed by atoms with van der Waals surface area (Å²) in [7, 11) is -4.02. The topological polar surface area (TPSA) is 139 Å². The Morgan fingerprint density at radius 2 is 2.12 bits per heavy atom. The molecule has 34 heavy (non-hydrogen) atoms. The fraction of sp³-hybridized carbons (Fsp3) is 0.455. The highest BCUT2D eigenvalue weighted by Gasteiger charge is 2.49. The van der Waals surface area contributed by atoms with Crippen LogP contribution in [-0.2, 0) is 14.8 Å². The first-order valence-electron chi connectivity index (χ1n) is 11.0. The van der Waals surface area contributed by atoms with Crippen molar-refractivity contribution in [1.82, 2.24) is 20.5 Å². The smallest absolute Gasteiger partial charge is 0.262 e. The van der Waals surface area contributed by atoms with E-state index in [1.807, 2.05) is 5.01 Å². The summed E-state index contributed by atoms with van der Waals surface area (Å²) in [5, 5.41) is 14.6. The summed E-state index contributed by atoms with van der Waals surface area (Å²) in [5.74, 6) is -1.94. The first-order chi connectivity index (χ1) is 16.2. The van der Waals surface area contributed by atoms with Gasteiger partial charge in [-0.15, -0.1) is 0 Å². The van der Waals surface area contributed by atoms with E-state index in [4.69, 9.17) is 0 Å². The quantitative estimate of drug-likeness (QED) is 0.553. The molecule has 3 aliphatic heterocycles. The van der Waals surface area contributed by atoms with Gasteiger partial charge in [0, 0.05) is 18.3 Å². The molecular formula is C22H26FN7O3S. The largest absolute Gasteiger partial charge is 0.317 e. The van der Waals surface area contributed by atoms with Gasteiger partial charge in [-0.05, 0) is 58.0 Å². The van der Waals surface area contributed by atoms with Crippen LogP contribution in [-0.4, -0.2) is 56.1 Å². The van der Waals surface area contributed by atoms with E-state index in [1.165, 1.54) is 12.3 Å². The molecule has 2 fully saturated rings. The Bertz CT molecular complexity index is 1230. The van der Waals surface area contributed by atoms with Gasteiger partial charge in [0.25, 0.3) is 5.91 Å². The summed E-state index contributed by atoms with van der Waals surface area (Å²) in [4.78, 5) is 20.5. The van der Waals surface area contributed by atoms with Crippen molar-refractivity contribution in [3.05, 3.63) is 35.8 Å². The van der Waals surface area contributed by atoms with Crippen LogP contribution < -0.4 is 15.5 Å². The second-order valence-corrected chi connectivity index (χ2v) is 10.5. The number of nitriles is 1. The van der Waals surface area contributed by atoms with Crippen molar-refractivity contribution < 1.29 is 17.6 Å². The third-order valence-corrected chi connectivity index (χ3v) is 7.70. The number of carbonyl (C=O) groups is 1. The van der Waals surface area contributed by atoms with Crippen molar-refractivity contribution in [1.29, 1.82) is 5.26 Å². The minimum absolute atomic E-state index is 0.145. The van der Waals surface area contributed by atoms with Gasteiger partial charge in [-0.1, -0.05) is 0 Å². The van der Waals surface area contributed by atoms with Crippen molar-refractivity contribution in [2.24, 2.45) is 15.9 Å². The Morgan fingerprint density at radius 1 is 1.38 bits per heavy atom. The molecule has 180 valence electrons. The maximum absolute atomic E-state index is 14.7. The average Bonchev–Trinajstić information content (AvgIpc) is 3.14. The molecule has 1 aromatic rings. The molecule has 0 bridgehead atoms. The summed E-state index contributed by atoms with van der Waals surface area (Å²) in [6.45, 7) is 4.73. The molecule has 12 heteroatoms. The number of nitrogens with zero attached hydrogens (tertiary/aromatic N) is 4. The van der Waals surface area contributed by atoms with Gasteiger partial charge >= 0.3 is 0 Å². The number of hydrogen-bond donors (Lipinski definition) is 3. The lowest BCUT2D eigenvalue weighted by molar-refractivity contribution is -0.119. The predicted octanol–water partition coefficient (Wildman–Crippen LogP) is 1.51. The molecule has 3 N–H and O–H groups in total. The molecule has 3 heterocycles. The third kappa shape index (κ3) is 4.46. The molecule has 10 nitrogen and oxygen atoms in total. The van der Waals surface area contributed by atoms with Gasteiger partial charge in [-0.2, -0.15) is 5.26 Å². The van der Waals surface area contributed by atoms with Crippen molar-refractivity contribution in [3.63, 3.8) is 0 Å². The molecule has 0 aliphatic carbocycles. The van der Waals surface area contributed by atoms with E-state index >= 15 is 0 Å². The van der Waals surface area contributed by atoms with Crippen LogP contribution in [0, 0.1) is 23.1 Å². The summed E-state index contributed by atoms with van der Waals surface area (Å²) < 4.78 is 41.8. The average molecular weight is 488 g/mol. The number of dihydropyridines is 1. The van der Waals surface area contributed by atoms with E-state index in [1.54, 1.807) is 19.9 Å². The number of piperidine rings is 1. The third-order valence-electron chi connectivity index (χ3n) is 6.01. The van der Waals surface area contributed by atoms with Gasteiger partial charge in [0.2, 0.25) is 10.0 Å². The standard InChI is InChI=1S/C22H26FN7O3S/c1-14(2)29-34(32,33)18-4-3-15(13-16(18)23)27-20-19-17(5-10-26-21(19)31)30(28-20)22(6-9-24)7-11-25-12-8-22/h3-5,10,13-14,19,25,29H,6-8,11-12H2,1-2H3,(H,27,28). The van der Waals surface area contributed by atoms with Crippen molar-refractivity contribution in [3.8, 4) is 6.07 Å². The van der Waals surface area contributed by atoms with Gasteiger partial charge in [-0.25, -0.2) is 27.5 Å². The zero-order chi connectivity index (χ0) is 24.5. The van der Waals surface area contributed by atoms with Crippen molar-refractivity contribution in [2.45, 2.75) is 49.6 Å². The maximum atomic E-state index is 14.7. The Hall–Kier alpha value is -3.14. The van der Waals surface area contributed by atoms with Crippen LogP contribution in [0.25, 0.3) is 0 Å². The zero-order valence-corrected chi connectivity index (χ0v) is 19.7. The molecule has 0 radical (unpaired) electrons. The van der Waals surface area contributed by atoms with Gasteiger partial charge in [0.05, 0.1) is 29.4 Å². The highest BCUT2D eigenvalue weighted by atomic mass is 32.2. The second-order valence-electron chi connectivity index (χ2n) is 8.79. The highest BCUT2D eigenvalue weighted by Crippen LogP contribution is 2.39. The first-order valence-corrected chi connectivity index (χ1v) is 12.5. The summed E-state index contributed by atoms with van der Waals surface area (Å²) in [5.41, 5.74) is 3.42. The molecule has 2 saturated heterocycles. The molecule has 0 saturated carbocycles. The number of aliphatic imine (C=N–C) groups is 2. The molecule has 1 aromatic carbocycles. The predicted molar refractivity (Wildman–Crippen MR) is 124 cm³/mol. The molecule has 1 unspecified atom stereocenters. The number of sulfonamides is 1. The fourth-order valence-electron chi connectivity index (χ4n) is 4.48. The van der Waals surface area contributed by atoms with Gasteiger partial charge in [0.1, 0.15) is 22.5 Å². The van der Waals surface area contributed by atoms with Crippen LogP contribution in [0.5, 0.6) is 0 Å². The van der Waals surface area contributed by atoms with E-state index in [0.717, 1.165) is 25.2 Å². The first kappa shape index (κ1) is 24.0. The monoisotopic (exact) mass is 487 g/mol. The minimum atomic E-state index is -4.02. The number of allylic oxidation sites excluding steroid dienone is 1. The van der Waals surface area contributed by atoms with Gasteiger partial charge in [-0.3, -0.25) is 15.2 Å². The number of benzene rings is 1. The van der Waals surface area contributed by atoms with E-state index in [9.17, 15) is 22.9 Å². The van der Waals surface area contributed by atoms with Crippen LogP contribution in [0.3, 0.4) is 0 Å². The van der Waals surface area contributed by atoms with E-state index in [-0.39, 0.29) is 17.9 Å². The van der Waals surface area contributed by atoms with E-state index in [0.29, 0.717) is 18.5 Å². The van der Waals surface area contributed by atoms with Crippen LogP contribution in [0.4, 0.5) is 10.1 Å². The molecule has 1 atom stereocenters. The van der Waals surface area contributed by atoms with Crippen molar-refractivity contribution >= 4 is 33.7 Å². The number of hydrazine groups is 1. The lowest BCUT2D eigenvalue weighted by Gasteiger charge is -2.44. The summed E-state index contributed by atoms with van der Waals surface area (Å²) in [6.07, 6.45) is 4.75. The van der Waals surface area contributed by atoms with E-state index in [2.05, 4.69) is 31.5 Å². The molecule has 4 rings (SSSR count). The molecular weight excluding hydrogens is 461 g/mol. The minimum Gasteiger partial charge on any atom is -0.317 e. The molecule has 3 aliphatic rings. The lowest BCUT2D eigenvalue weighted by Crippen LogP contribution is -2.57. The number of nitrogens with one attached hydrogen (secondary N) is 3. The van der Waals surface area contributed by atoms with Crippen LogP contribution in [0.1, 0.15) is 33.1 Å². The molecule has 1 amide bonds. The van der Waals surface area contributed by atoms with Gasteiger partial charge in [0.15, 0.2) is 0 Å². The molecule has 0 spiro atoms. The van der Waals surface area contributed by atoms with E-state index < -0.39 is 44.1 Å². The number of hydrogen-bond acceptors (Lipinski definition) is 7. The maximum Gasteiger partial charge on any atom is 0.262 e. The molecule has 0 aromatic heterocycles. The SMILES string of the molecule is CC(C)NS(=O)(=O)c1ccc(N=C2NN(C3(CC#N)CCNCC3)C3=CC=NC(=O)C32)cc1F.